The third kappa shape index (κ3) is 3.48. The lowest BCUT2D eigenvalue weighted by Gasteiger charge is -2.07. The molecular weight excluding hydrogens is 240 g/mol. The van der Waals surface area contributed by atoms with Crippen molar-refractivity contribution in [2.24, 2.45) is 4.99 Å². The van der Waals surface area contributed by atoms with E-state index in [2.05, 4.69) is 10.3 Å². The molecule has 0 aromatic heterocycles. The Labute approximate surface area is 111 Å². The second-order valence-electron chi connectivity index (χ2n) is 3.63. The fourth-order valence-corrected chi connectivity index (χ4v) is 1.42. The summed E-state index contributed by atoms with van der Waals surface area (Å²) in [6.45, 7) is 0. The van der Waals surface area contributed by atoms with Crippen molar-refractivity contribution in [3.05, 3.63) is 54.6 Å². The van der Waals surface area contributed by atoms with Gasteiger partial charge < -0.3 is 10.5 Å². The summed E-state index contributed by atoms with van der Waals surface area (Å²) in [5, 5.41) is 11.1. The van der Waals surface area contributed by atoms with Gasteiger partial charge in [-0.05, 0) is 24.3 Å². The lowest BCUT2D eigenvalue weighted by atomic mass is 10.3. The number of ether oxygens (including phenoxy) is 1. The summed E-state index contributed by atoms with van der Waals surface area (Å²) in [4.78, 5) is 4.18. The monoisotopic (exact) mass is 252 g/mol. The van der Waals surface area contributed by atoms with Gasteiger partial charge in [0, 0.05) is 0 Å². The number of para-hydroxylation sites is 3. The van der Waals surface area contributed by atoms with Gasteiger partial charge in [-0.15, -0.1) is 0 Å². The molecule has 3 N–H and O–H groups in total. The molecule has 0 atom stereocenters. The molecule has 5 heteroatoms. The van der Waals surface area contributed by atoms with Crippen molar-refractivity contribution in [3.63, 3.8) is 0 Å². The first-order valence-electron chi connectivity index (χ1n) is 5.61. The van der Waals surface area contributed by atoms with Gasteiger partial charge >= 0.3 is 6.02 Å². The SMILES string of the molecule is N#CNC(=Nc1ccccc1N)Oc1ccccc1. The molecule has 2 rings (SSSR count). The summed E-state index contributed by atoms with van der Waals surface area (Å²) in [5.41, 5.74) is 6.83. The molecule has 94 valence electrons. The first kappa shape index (κ1) is 12.5. The molecule has 0 amide bonds. The summed E-state index contributed by atoms with van der Waals surface area (Å²) < 4.78 is 5.47. The number of benzene rings is 2. The number of nitrogens with one attached hydrogen (secondary N) is 1. The molecule has 2 aromatic rings. The average Bonchev–Trinajstić information content (AvgIpc) is 2.43. The van der Waals surface area contributed by atoms with Crippen LogP contribution in [-0.2, 0) is 0 Å². The maximum atomic E-state index is 8.71. The molecule has 2 aromatic carbocycles. The summed E-state index contributed by atoms with van der Waals surface area (Å²) in [5.74, 6) is 0.582. The van der Waals surface area contributed by atoms with Crippen LogP contribution in [0.25, 0.3) is 0 Å². The number of hydrogen-bond donors (Lipinski definition) is 2. The van der Waals surface area contributed by atoms with E-state index in [-0.39, 0.29) is 6.02 Å². The van der Waals surface area contributed by atoms with Gasteiger partial charge in [-0.3, -0.25) is 0 Å². The zero-order chi connectivity index (χ0) is 13.5. The highest BCUT2D eigenvalue weighted by Crippen LogP contribution is 2.21. The fourth-order valence-electron chi connectivity index (χ4n) is 1.42. The van der Waals surface area contributed by atoms with E-state index >= 15 is 0 Å². The molecule has 0 saturated heterocycles. The van der Waals surface area contributed by atoms with Gasteiger partial charge in [0.05, 0.1) is 11.4 Å². The molecule has 0 saturated carbocycles. The quantitative estimate of drug-likeness (QED) is 0.282. The normalized spacial score (nSPS) is 10.6. The molecule has 0 fully saturated rings. The number of nitriles is 1. The molecule has 0 bridgehead atoms. The van der Waals surface area contributed by atoms with Crippen LogP contribution in [0.5, 0.6) is 5.75 Å². The maximum Gasteiger partial charge on any atom is 0.309 e. The van der Waals surface area contributed by atoms with Crippen LogP contribution in [-0.4, -0.2) is 6.02 Å². The van der Waals surface area contributed by atoms with Crippen molar-refractivity contribution in [2.45, 2.75) is 0 Å². The minimum atomic E-state index is 0.0756. The standard InChI is InChI=1S/C14H12N4O/c15-10-17-14(19-11-6-2-1-3-7-11)18-13-9-5-4-8-12(13)16/h1-9H,16H2,(H,17,18). The molecule has 0 aliphatic heterocycles. The Balaban J connectivity index is 2.26. The number of hydrogen-bond acceptors (Lipinski definition) is 4. The molecule has 0 aliphatic carbocycles. The van der Waals surface area contributed by atoms with E-state index in [1.807, 2.05) is 30.3 Å². The van der Waals surface area contributed by atoms with E-state index in [1.165, 1.54) is 0 Å². The average molecular weight is 252 g/mol. The third-order valence-electron chi connectivity index (χ3n) is 2.28. The van der Waals surface area contributed by atoms with Crippen molar-refractivity contribution >= 4 is 17.4 Å². The van der Waals surface area contributed by atoms with E-state index in [1.54, 1.807) is 30.5 Å². The minimum absolute atomic E-state index is 0.0756. The van der Waals surface area contributed by atoms with Gasteiger partial charge in [0.25, 0.3) is 0 Å². The van der Waals surface area contributed by atoms with Crippen molar-refractivity contribution in [3.8, 4) is 11.9 Å². The molecular formula is C14H12N4O. The van der Waals surface area contributed by atoms with Crippen LogP contribution in [0.2, 0.25) is 0 Å². The Hall–Kier alpha value is -3.00. The molecule has 0 aliphatic rings. The fraction of sp³-hybridized carbons (Fsp3) is 0. The highest BCUT2D eigenvalue weighted by Gasteiger charge is 2.03. The van der Waals surface area contributed by atoms with Crippen molar-refractivity contribution in [1.82, 2.24) is 5.32 Å². The molecule has 0 unspecified atom stereocenters. The number of nitrogens with zero attached hydrogens (tertiary/aromatic N) is 2. The van der Waals surface area contributed by atoms with E-state index < -0.39 is 0 Å². The van der Waals surface area contributed by atoms with Gasteiger partial charge in [0.1, 0.15) is 5.75 Å². The zero-order valence-corrected chi connectivity index (χ0v) is 10.1. The lowest BCUT2D eigenvalue weighted by molar-refractivity contribution is 0.531. The number of amidine groups is 1. The predicted octanol–water partition coefficient (Wildman–Crippen LogP) is 2.41. The Bertz CT molecular complexity index is 617. The Kier molecular flexibility index (Phi) is 3.98. The number of rotatable bonds is 2. The molecule has 5 nitrogen and oxygen atoms in total. The lowest BCUT2D eigenvalue weighted by Crippen LogP contribution is -2.24. The van der Waals surface area contributed by atoms with Gasteiger partial charge in [-0.25, -0.2) is 5.32 Å². The predicted molar refractivity (Wildman–Crippen MR) is 73.8 cm³/mol. The van der Waals surface area contributed by atoms with Crippen LogP contribution in [0.1, 0.15) is 0 Å². The van der Waals surface area contributed by atoms with Crippen LogP contribution < -0.4 is 15.8 Å². The smallest absolute Gasteiger partial charge is 0.309 e. The number of nitrogen functional groups attached to an aromatic ring is 1. The van der Waals surface area contributed by atoms with Crippen LogP contribution >= 0.6 is 0 Å². The largest absolute Gasteiger partial charge is 0.425 e. The Morgan fingerprint density at radius 2 is 1.79 bits per heavy atom. The first-order chi connectivity index (χ1) is 9.29. The third-order valence-corrected chi connectivity index (χ3v) is 2.28. The van der Waals surface area contributed by atoms with Crippen LogP contribution in [0.3, 0.4) is 0 Å². The number of anilines is 1. The van der Waals surface area contributed by atoms with Gasteiger partial charge in [0.15, 0.2) is 6.19 Å². The summed E-state index contributed by atoms with van der Waals surface area (Å²) in [6, 6.07) is 16.2. The summed E-state index contributed by atoms with van der Waals surface area (Å²) in [6.07, 6.45) is 1.78. The van der Waals surface area contributed by atoms with Gasteiger partial charge in [-0.1, -0.05) is 30.3 Å². The van der Waals surface area contributed by atoms with E-state index in [4.69, 9.17) is 15.7 Å². The number of aliphatic imine (C=N–C) groups is 1. The van der Waals surface area contributed by atoms with E-state index in [0.29, 0.717) is 17.1 Å². The Morgan fingerprint density at radius 3 is 2.47 bits per heavy atom. The van der Waals surface area contributed by atoms with Crippen LogP contribution in [0, 0.1) is 11.5 Å². The molecule has 0 spiro atoms. The van der Waals surface area contributed by atoms with Crippen LogP contribution in [0.4, 0.5) is 11.4 Å². The Morgan fingerprint density at radius 1 is 1.11 bits per heavy atom. The van der Waals surface area contributed by atoms with E-state index in [0.717, 1.165) is 0 Å². The minimum Gasteiger partial charge on any atom is -0.425 e. The summed E-state index contributed by atoms with van der Waals surface area (Å²) >= 11 is 0. The highest BCUT2D eigenvalue weighted by atomic mass is 16.5. The molecule has 0 heterocycles. The van der Waals surface area contributed by atoms with Crippen LogP contribution in [0.15, 0.2) is 59.6 Å². The molecule has 0 radical (unpaired) electrons. The zero-order valence-electron chi connectivity index (χ0n) is 10.1. The first-order valence-corrected chi connectivity index (χ1v) is 5.61. The second kappa shape index (κ2) is 6.07. The maximum absolute atomic E-state index is 8.71. The second-order valence-corrected chi connectivity index (χ2v) is 3.63. The van der Waals surface area contributed by atoms with Gasteiger partial charge in [0.2, 0.25) is 0 Å². The topological polar surface area (TPSA) is 83.4 Å². The van der Waals surface area contributed by atoms with Crippen molar-refractivity contribution in [1.29, 1.82) is 5.26 Å². The summed E-state index contributed by atoms with van der Waals surface area (Å²) in [7, 11) is 0. The highest BCUT2D eigenvalue weighted by molar-refractivity contribution is 5.82. The van der Waals surface area contributed by atoms with Crippen molar-refractivity contribution in [2.75, 3.05) is 5.73 Å². The van der Waals surface area contributed by atoms with Gasteiger partial charge in [-0.2, -0.15) is 10.3 Å². The number of nitrogens with two attached hydrogens (primary N) is 1. The molecule has 19 heavy (non-hydrogen) atoms. The van der Waals surface area contributed by atoms with Crippen molar-refractivity contribution < 1.29 is 4.74 Å². The van der Waals surface area contributed by atoms with E-state index in [9.17, 15) is 0 Å².